The zero-order chi connectivity index (χ0) is 24.3. The van der Waals surface area contributed by atoms with Gasteiger partial charge in [0.15, 0.2) is 0 Å². The topological polar surface area (TPSA) is 62.2 Å². The molecule has 0 N–H and O–H groups in total. The first-order valence-electron chi connectivity index (χ1n) is 12.9. The number of ketones is 1. The lowest BCUT2D eigenvalue weighted by molar-refractivity contribution is -0.118. The molecule has 6 rings (SSSR count). The van der Waals surface area contributed by atoms with Crippen LogP contribution < -0.4 is 4.90 Å². The van der Waals surface area contributed by atoms with Crippen LogP contribution in [0.5, 0.6) is 0 Å². The fourth-order valence-corrected chi connectivity index (χ4v) is 4.98. The first kappa shape index (κ1) is 22.8. The van der Waals surface area contributed by atoms with Crippen LogP contribution in [-0.4, -0.2) is 51.8 Å². The van der Waals surface area contributed by atoms with E-state index in [1.165, 1.54) is 18.4 Å². The normalized spacial score (nSPS) is 16.4. The van der Waals surface area contributed by atoms with Crippen molar-refractivity contribution in [1.29, 1.82) is 0 Å². The van der Waals surface area contributed by atoms with Gasteiger partial charge in [-0.1, -0.05) is 36.4 Å². The van der Waals surface area contributed by atoms with Crippen molar-refractivity contribution in [3.63, 3.8) is 0 Å². The summed E-state index contributed by atoms with van der Waals surface area (Å²) in [6.45, 7) is 4.78. The van der Waals surface area contributed by atoms with Crippen LogP contribution >= 0.6 is 0 Å². The van der Waals surface area contributed by atoms with E-state index < -0.39 is 0 Å². The molecule has 0 spiro atoms. The summed E-state index contributed by atoms with van der Waals surface area (Å²) in [7, 11) is 0. The Labute approximate surface area is 212 Å². The van der Waals surface area contributed by atoms with E-state index in [1.807, 2.05) is 30.7 Å². The third-order valence-corrected chi connectivity index (χ3v) is 7.26. The number of piperazine rings is 1. The van der Waals surface area contributed by atoms with Gasteiger partial charge in [-0.3, -0.25) is 19.7 Å². The summed E-state index contributed by atoms with van der Waals surface area (Å²) in [6.07, 6.45) is 9.39. The minimum absolute atomic E-state index is 0.358. The third-order valence-electron chi connectivity index (χ3n) is 7.26. The van der Waals surface area contributed by atoms with Crippen molar-refractivity contribution in [3.05, 3.63) is 84.3 Å². The van der Waals surface area contributed by atoms with Crippen LogP contribution in [-0.2, 0) is 17.8 Å². The van der Waals surface area contributed by atoms with Gasteiger partial charge < -0.3 is 4.90 Å². The molecule has 182 valence electrons. The minimum atomic E-state index is 0.358. The van der Waals surface area contributed by atoms with Gasteiger partial charge in [-0.25, -0.2) is 4.98 Å². The van der Waals surface area contributed by atoms with Gasteiger partial charge in [0.2, 0.25) is 0 Å². The van der Waals surface area contributed by atoms with Gasteiger partial charge in [-0.15, -0.1) is 0 Å². The second-order valence-corrected chi connectivity index (χ2v) is 10.1. The summed E-state index contributed by atoms with van der Waals surface area (Å²) in [4.78, 5) is 30.9. The van der Waals surface area contributed by atoms with Gasteiger partial charge in [0.25, 0.3) is 0 Å². The Morgan fingerprint density at radius 3 is 2.42 bits per heavy atom. The second-order valence-electron chi connectivity index (χ2n) is 10.1. The number of carbonyl (C=O) groups is 1. The molecule has 0 unspecified atom stereocenters. The van der Waals surface area contributed by atoms with Gasteiger partial charge in [-0.05, 0) is 59.2 Å². The SMILES string of the molecule is O=C(Cc1ccc(-c2ccc3ncc(N4CCN(Cc5cccnc5)CC4)nc3c2)cc1)CC1CC1. The lowest BCUT2D eigenvalue weighted by Crippen LogP contribution is -2.46. The molecule has 2 fully saturated rings. The van der Waals surface area contributed by atoms with Crippen molar-refractivity contribution in [2.24, 2.45) is 5.92 Å². The molecule has 3 heterocycles. The van der Waals surface area contributed by atoms with Crippen molar-refractivity contribution in [1.82, 2.24) is 19.9 Å². The Morgan fingerprint density at radius 2 is 1.67 bits per heavy atom. The largest absolute Gasteiger partial charge is 0.353 e. The van der Waals surface area contributed by atoms with E-state index in [2.05, 4.69) is 62.2 Å². The fourth-order valence-electron chi connectivity index (χ4n) is 4.98. The van der Waals surface area contributed by atoms with Gasteiger partial charge in [-0.2, -0.15) is 0 Å². The number of benzene rings is 2. The number of fused-ring (bicyclic) bond motifs is 1. The first-order chi connectivity index (χ1) is 17.7. The van der Waals surface area contributed by atoms with E-state index >= 15 is 0 Å². The molecular weight excluding hydrogens is 446 g/mol. The van der Waals surface area contributed by atoms with E-state index in [0.29, 0.717) is 18.1 Å². The quantitative estimate of drug-likeness (QED) is 0.359. The molecule has 36 heavy (non-hydrogen) atoms. The maximum absolute atomic E-state index is 12.2. The van der Waals surface area contributed by atoms with Crippen LogP contribution in [0.3, 0.4) is 0 Å². The lowest BCUT2D eigenvalue weighted by Gasteiger charge is -2.35. The number of Topliss-reactive ketones (excluding diaryl/α,β-unsaturated/α-hetero) is 1. The predicted molar refractivity (Wildman–Crippen MR) is 143 cm³/mol. The van der Waals surface area contributed by atoms with E-state index in [9.17, 15) is 4.79 Å². The molecular formula is C30H31N5O. The summed E-state index contributed by atoms with van der Waals surface area (Å²) in [6, 6.07) is 18.8. The van der Waals surface area contributed by atoms with E-state index in [1.54, 1.807) is 0 Å². The number of carbonyl (C=O) groups excluding carboxylic acids is 1. The van der Waals surface area contributed by atoms with Crippen molar-refractivity contribution in [2.45, 2.75) is 32.2 Å². The van der Waals surface area contributed by atoms with E-state index in [4.69, 9.17) is 4.98 Å². The molecule has 0 atom stereocenters. The number of anilines is 1. The summed E-state index contributed by atoms with van der Waals surface area (Å²) in [5.41, 5.74) is 6.40. The number of hydrogen-bond acceptors (Lipinski definition) is 6. The van der Waals surface area contributed by atoms with Crippen molar-refractivity contribution >= 4 is 22.6 Å². The fraction of sp³-hybridized carbons (Fsp3) is 0.333. The summed E-state index contributed by atoms with van der Waals surface area (Å²) >= 11 is 0. The van der Waals surface area contributed by atoms with E-state index in [-0.39, 0.29) is 0 Å². The Morgan fingerprint density at radius 1 is 0.861 bits per heavy atom. The smallest absolute Gasteiger partial charge is 0.147 e. The number of aromatic nitrogens is 3. The van der Waals surface area contributed by atoms with Crippen LogP contribution in [0, 0.1) is 5.92 Å². The standard InChI is InChI=1S/C30H31N5O/c36-27(16-22-3-4-22)17-23-5-7-25(8-6-23)26-9-10-28-29(18-26)33-30(20-32-28)35-14-12-34(13-15-35)21-24-2-1-11-31-19-24/h1-2,5-11,18-20,22H,3-4,12-17,21H2. The molecule has 4 aromatic rings. The average molecular weight is 478 g/mol. The Balaban J connectivity index is 1.12. The van der Waals surface area contributed by atoms with Crippen LogP contribution in [0.25, 0.3) is 22.2 Å². The summed E-state index contributed by atoms with van der Waals surface area (Å²) < 4.78 is 0. The monoisotopic (exact) mass is 477 g/mol. The molecule has 0 bridgehead atoms. The third kappa shape index (κ3) is 5.44. The van der Waals surface area contributed by atoms with Crippen molar-refractivity contribution < 1.29 is 4.79 Å². The van der Waals surface area contributed by atoms with Crippen molar-refractivity contribution in [3.8, 4) is 11.1 Å². The molecule has 1 aliphatic heterocycles. The van der Waals surface area contributed by atoms with Gasteiger partial charge in [0.1, 0.15) is 11.6 Å². The molecule has 2 aliphatic rings. The molecule has 1 aliphatic carbocycles. The highest BCUT2D eigenvalue weighted by Crippen LogP contribution is 2.33. The molecule has 6 heteroatoms. The molecule has 2 aromatic carbocycles. The first-order valence-corrected chi connectivity index (χ1v) is 12.9. The predicted octanol–water partition coefficient (Wildman–Crippen LogP) is 4.93. The Bertz CT molecular complexity index is 1340. The maximum atomic E-state index is 12.2. The zero-order valence-corrected chi connectivity index (χ0v) is 20.5. The average Bonchev–Trinajstić information content (AvgIpc) is 3.73. The van der Waals surface area contributed by atoms with Gasteiger partial charge in [0.05, 0.1) is 17.2 Å². The van der Waals surface area contributed by atoms with Crippen LogP contribution in [0.2, 0.25) is 0 Å². The molecule has 6 nitrogen and oxygen atoms in total. The maximum Gasteiger partial charge on any atom is 0.147 e. The highest BCUT2D eigenvalue weighted by Gasteiger charge is 2.24. The molecule has 2 aromatic heterocycles. The minimum Gasteiger partial charge on any atom is -0.353 e. The summed E-state index contributed by atoms with van der Waals surface area (Å²) in [5.74, 6) is 1.94. The number of pyridine rings is 1. The van der Waals surface area contributed by atoms with Gasteiger partial charge >= 0.3 is 0 Å². The summed E-state index contributed by atoms with van der Waals surface area (Å²) in [5, 5.41) is 0. The van der Waals surface area contributed by atoms with Crippen LogP contribution in [0.4, 0.5) is 5.82 Å². The van der Waals surface area contributed by atoms with Crippen molar-refractivity contribution in [2.75, 3.05) is 31.1 Å². The number of rotatable bonds is 8. The Kier molecular flexibility index (Phi) is 6.43. The molecule has 1 saturated heterocycles. The number of hydrogen-bond donors (Lipinski definition) is 0. The zero-order valence-electron chi connectivity index (χ0n) is 20.5. The van der Waals surface area contributed by atoms with Gasteiger partial charge in [0, 0.05) is 58.0 Å². The molecule has 1 saturated carbocycles. The lowest BCUT2D eigenvalue weighted by atomic mass is 10.00. The Hall–Kier alpha value is -3.64. The number of nitrogens with zero attached hydrogens (tertiary/aromatic N) is 5. The van der Waals surface area contributed by atoms with Crippen LogP contribution in [0.15, 0.2) is 73.2 Å². The van der Waals surface area contributed by atoms with Crippen LogP contribution in [0.1, 0.15) is 30.4 Å². The highest BCUT2D eigenvalue weighted by molar-refractivity contribution is 5.83. The second kappa shape index (κ2) is 10.2. The molecule has 0 amide bonds. The molecule has 0 radical (unpaired) electrons. The van der Waals surface area contributed by atoms with E-state index in [0.717, 1.165) is 72.7 Å². The highest BCUT2D eigenvalue weighted by atomic mass is 16.1.